The summed E-state index contributed by atoms with van der Waals surface area (Å²) in [6.07, 6.45) is 0.510. The average molecular weight is 360 g/mol. The molecular weight excluding hydrogens is 338 g/mol. The number of benzene rings is 1. The van der Waals surface area contributed by atoms with Gasteiger partial charge in [0.2, 0.25) is 0 Å². The fourth-order valence-corrected chi connectivity index (χ4v) is 3.57. The number of hydrogen-bond acceptors (Lipinski definition) is 4. The Morgan fingerprint density at radius 2 is 1.92 bits per heavy atom. The molecule has 6 heteroatoms. The monoisotopic (exact) mass is 360 g/mol. The van der Waals surface area contributed by atoms with Crippen LogP contribution in [0.4, 0.5) is 8.78 Å². The van der Waals surface area contributed by atoms with Crippen molar-refractivity contribution in [3.8, 4) is 17.0 Å². The fourth-order valence-electron chi connectivity index (χ4n) is 3.57. The van der Waals surface area contributed by atoms with Gasteiger partial charge in [-0.1, -0.05) is 13.8 Å². The molecule has 3 N–H and O–H groups in total. The van der Waals surface area contributed by atoms with Crippen molar-refractivity contribution >= 4 is 0 Å². The second-order valence-electron chi connectivity index (χ2n) is 7.94. The highest BCUT2D eigenvalue weighted by Crippen LogP contribution is 2.54. The first-order valence-electron chi connectivity index (χ1n) is 8.76. The maximum Gasteiger partial charge on any atom is 0.152 e. The van der Waals surface area contributed by atoms with E-state index in [0.29, 0.717) is 23.6 Å². The molecule has 2 aromatic rings. The van der Waals surface area contributed by atoms with E-state index in [0.717, 1.165) is 5.56 Å². The summed E-state index contributed by atoms with van der Waals surface area (Å²) in [4.78, 5) is 4.54. The van der Waals surface area contributed by atoms with Crippen LogP contribution in [0.3, 0.4) is 0 Å². The molecule has 1 aliphatic heterocycles. The third-order valence-corrected chi connectivity index (χ3v) is 5.55. The van der Waals surface area contributed by atoms with Gasteiger partial charge in [0.15, 0.2) is 5.60 Å². The van der Waals surface area contributed by atoms with Gasteiger partial charge in [-0.25, -0.2) is 13.8 Å². The third-order valence-electron chi connectivity index (χ3n) is 5.55. The highest BCUT2D eigenvalue weighted by molar-refractivity contribution is 5.70. The number of alkyl halides is 1. The molecule has 0 saturated heterocycles. The fraction of sp³-hybridized carbons (Fsp3) is 0.450. The molecule has 1 aliphatic carbocycles. The van der Waals surface area contributed by atoms with Crippen LogP contribution in [0.5, 0.6) is 5.75 Å². The lowest BCUT2D eigenvalue weighted by Gasteiger charge is -2.31. The van der Waals surface area contributed by atoms with Gasteiger partial charge in [-0.2, -0.15) is 0 Å². The summed E-state index contributed by atoms with van der Waals surface area (Å²) in [6.45, 7) is 4.21. The number of nitrogens with two attached hydrogens (primary N) is 1. The first-order valence-corrected chi connectivity index (χ1v) is 8.76. The van der Waals surface area contributed by atoms with Crippen molar-refractivity contribution in [3.05, 3.63) is 47.4 Å². The molecule has 26 heavy (non-hydrogen) atoms. The minimum absolute atomic E-state index is 0.205. The molecule has 0 amide bonds. The van der Waals surface area contributed by atoms with E-state index < -0.39 is 11.3 Å². The molecule has 138 valence electrons. The number of pyridine rings is 1. The van der Waals surface area contributed by atoms with Crippen LogP contribution in [0.2, 0.25) is 0 Å². The van der Waals surface area contributed by atoms with Crippen LogP contribution in [0.1, 0.15) is 37.9 Å². The lowest BCUT2D eigenvalue weighted by molar-refractivity contribution is -0.0517. The Balaban J connectivity index is 1.95. The summed E-state index contributed by atoms with van der Waals surface area (Å²) < 4.78 is 34.1. The summed E-state index contributed by atoms with van der Waals surface area (Å²) in [6, 6.07) is 7.58. The number of hydrogen-bond donors (Lipinski definition) is 2. The molecule has 1 atom stereocenters. The van der Waals surface area contributed by atoms with Crippen LogP contribution in [-0.2, 0) is 11.0 Å². The maximum atomic E-state index is 14.9. The van der Waals surface area contributed by atoms with Crippen molar-refractivity contribution in [3.63, 3.8) is 0 Å². The average Bonchev–Trinajstić information content (AvgIpc) is 3.31. The molecular formula is C20H22F2N2O2. The number of fused-ring (bicyclic) bond motifs is 1. The predicted octanol–water partition coefficient (Wildman–Crippen LogP) is 3.21. The number of aliphatic hydroxyl groups is 1. The number of aromatic nitrogens is 1. The lowest BCUT2D eigenvalue weighted by Crippen LogP contribution is -2.46. The van der Waals surface area contributed by atoms with Gasteiger partial charge >= 0.3 is 0 Å². The highest BCUT2D eigenvalue weighted by atomic mass is 19.1. The maximum absolute atomic E-state index is 14.9. The molecule has 0 radical (unpaired) electrons. The second kappa shape index (κ2) is 5.47. The Morgan fingerprint density at radius 3 is 2.50 bits per heavy atom. The van der Waals surface area contributed by atoms with Crippen molar-refractivity contribution in [1.29, 1.82) is 0 Å². The van der Waals surface area contributed by atoms with Crippen LogP contribution in [0, 0.1) is 5.82 Å². The normalized spacial score (nSPS) is 21.6. The largest absolute Gasteiger partial charge is 0.490 e. The summed E-state index contributed by atoms with van der Waals surface area (Å²) in [7, 11) is 0. The van der Waals surface area contributed by atoms with E-state index in [4.69, 9.17) is 10.5 Å². The third kappa shape index (κ3) is 2.43. The van der Waals surface area contributed by atoms with Gasteiger partial charge in [0.05, 0.1) is 12.3 Å². The Bertz CT molecular complexity index is 863. The SMILES string of the molecule is CC1(C)COc2c1cc(C(O)(CN)C1(F)CC1)nc2-c1ccc(F)cc1. The molecule has 1 saturated carbocycles. The first-order chi connectivity index (χ1) is 12.2. The van der Waals surface area contributed by atoms with Crippen LogP contribution in [-0.4, -0.2) is 28.9 Å². The van der Waals surface area contributed by atoms with E-state index in [2.05, 4.69) is 4.98 Å². The van der Waals surface area contributed by atoms with Gasteiger partial charge in [-0.05, 0) is 43.2 Å². The highest BCUT2D eigenvalue weighted by Gasteiger charge is 2.61. The Morgan fingerprint density at radius 1 is 1.27 bits per heavy atom. The first kappa shape index (κ1) is 17.4. The quantitative estimate of drug-likeness (QED) is 0.879. The van der Waals surface area contributed by atoms with Crippen LogP contribution in [0.15, 0.2) is 30.3 Å². The Hall–Kier alpha value is -2.05. The molecule has 4 rings (SSSR count). The number of nitrogens with zero attached hydrogens (tertiary/aromatic N) is 1. The number of halogens is 2. The van der Waals surface area contributed by atoms with Gasteiger partial charge in [0.25, 0.3) is 0 Å². The minimum Gasteiger partial charge on any atom is -0.490 e. The lowest BCUT2D eigenvalue weighted by atomic mass is 9.83. The van der Waals surface area contributed by atoms with Gasteiger partial charge in [-0.3, -0.25) is 0 Å². The zero-order valence-electron chi connectivity index (χ0n) is 14.9. The van der Waals surface area contributed by atoms with Crippen LogP contribution < -0.4 is 10.5 Å². The van der Waals surface area contributed by atoms with Gasteiger partial charge in [0.1, 0.15) is 22.9 Å². The zero-order valence-corrected chi connectivity index (χ0v) is 14.9. The molecule has 1 aromatic carbocycles. The number of rotatable bonds is 4. The van der Waals surface area contributed by atoms with Gasteiger partial charge in [0, 0.05) is 23.1 Å². The molecule has 1 unspecified atom stereocenters. The molecule has 2 aliphatic rings. The van der Waals surface area contributed by atoms with E-state index in [-0.39, 0.29) is 36.3 Å². The van der Waals surface area contributed by atoms with Crippen molar-refractivity contribution in [2.75, 3.05) is 13.2 Å². The van der Waals surface area contributed by atoms with Crippen molar-refractivity contribution in [1.82, 2.24) is 4.98 Å². The Labute approximate surface area is 151 Å². The smallest absolute Gasteiger partial charge is 0.152 e. The topological polar surface area (TPSA) is 68.4 Å². The molecule has 0 bridgehead atoms. The summed E-state index contributed by atoms with van der Waals surface area (Å²) >= 11 is 0. The van der Waals surface area contributed by atoms with E-state index in [1.807, 2.05) is 13.8 Å². The standard InChI is InChI=1S/C20H22F2N2O2/c1-18(2)11-26-17-14(18)9-15(20(25,10-23)19(22)7-8-19)24-16(17)12-3-5-13(21)6-4-12/h3-6,9,25H,7-8,10-11,23H2,1-2H3. The molecule has 2 heterocycles. The summed E-state index contributed by atoms with van der Waals surface area (Å²) in [5, 5.41) is 11.0. The molecule has 0 spiro atoms. The Kier molecular flexibility index (Phi) is 3.66. The predicted molar refractivity (Wildman–Crippen MR) is 94.2 cm³/mol. The molecule has 1 aromatic heterocycles. The number of ether oxygens (including phenoxy) is 1. The van der Waals surface area contributed by atoms with Crippen molar-refractivity contribution in [2.24, 2.45) is 5.73 Å². The van der Waals surface area contributed by atoms with Crippen molar-refractivity contribution in [2.45, 2.75) is 43.4 Å². The second-order valence-corrected chi connectivity index (χ2v) is 7.94. The van der Waals surface area contributed by atoms with E-state index in [1.165, 1.54) is 12.1 Å². The van der Waals surface area contributed by atoms with E-state index in [9.17, 15) is 13.9 Å². The van der Waals surface area contributed by atoms with Gasteiger partial charge < -0.3 is 15.6 Å². The van der Waals surface area contributed by atoms with Gasteiger partial charge in [-0.15, -0.1) is 0 Å². The van der Waals surface area contributed by atoms with Crippen LogP contribution in [0.25, 0.3) is 11.3 Å². The van der Waals surface area contributed by atoms with E-state index in [1.54, 1.807) is 18.2 Å². The van der Waals surface area contributed by atoms with Crippen molar-refractivity contribution < 1.29 is 18.6 Å². The van der Waals surface area contributed by atoms with E-state index >= 15 is 0 Å². The molecule has 1 fully saturated rings. The summed E-state index contributed by atoms with van der Waals surface area (Å²) in [5.41, 5.74) is 4.02. The molecule has 4 nitrogen and oxygen atoms in total. The zero-order chi connectivity index (χ0) is 18.7. The van der Waals surface area contributed by atoms with Crippen LogP contribution >= 0.6 is 0 Å². The summed E-state index contributed by atoms with van der Waals surface area (Å²) in [5.74, 6) is 0.232. The minimum atomic E-state index is -1.85.